The van der Waals surface area contributed by atoms with E-state index < -0.39 is 23.0 Å². The van der Waals surface area contributed by atoms with E-state index in [4.69, 9.17) is 4.94 Å². The van der Waals surface area contributed by atoms with Crippen molar-refractivity contribution in [1.82, 2.24) is 4.90 Å². The normalized spacial score (nSPS) is 15.1. The topological polar surface area (TPSA) is 79.0 Å². The van der Waals surface area contributed by atoms with Crippen molar-refractivity contribution in [2.45, 2.75) is 83.4 Å². The van der Waals surface area contributed by atoms with Crippen molar-refractivity contribution in [2.24, 2.45) is 0 Å². The van der Waals surface area contributed by atoms with Crippen LogP contribution in [0.3, 0.4) is 0 Å². The minimum absolute atomic E-state index is 0.00813. The number of rotatable bonds is 8. The second-order valence-corrected chi connectivity index (χ2v) is 17.0. The summed E-state index contributed by atoms with van der Waals surface area (Å²) in [5.41, 5.74) is 5.77. The first-order valence-electron chi connectivity index (χ1n) is 19.0. The fourth-order valence-corrected chi connectivity index (χ4v) is 7.59. The molecule has 0 aromatic heterocycles. The van der Waals surface area contributed by atoms with Gasteiger partial charge in [0.25, 0.3) is 11.8 Å². The Morgan fingerprint density at radius 2 is 1.33 bits per heavy atom. The van der Waals surface area contributed by atoms with Crippen molar-refractivity contribution >= 4 is 29.5 Å². The zero-order valence-electron chi connectivity index (χ0n) is 33.2. The molecule has 10 heteroatoms. The molecule has 1 heterocycles. The molecule has 57 heavy (non-hydrogen) atoms. The minimum Gasteiger partial charge on any atom is -0.337 e. The van der Waals surface area contributed by atoms with Crippen LogP contribution < -0.4 is 10.5 Å². The SMILES string of the molecule is CN(C(=O)c1cc(Cc2ccc3c(c2)C(=O)N(c2ccc(C(c4ccc(C(C)(C)C)cc4)(c4ccc5c(c4)CC5)C(F)(F)F)cc2)ON3)ccc1C=O)C(C)(C)C. The first-order chi connectivity index (χ1) is 26.8. The molecule has 1 aliphatic heterocycles. The van der Waals surface area contributed by atoms with Crippen LogP contribution in [0.15, 0.2) is 103 Å². The van der Waals surface area contributed by atoms with E-state index in [0.717, 1.165) is 45.7 Å². The predicted molar refractivity (Wildman–Crippen MR) is 216 cm³/mol. The Morgan fingerprint density at radius 3 is 1.89 bits per heavy atom. The summed E-state index contributed by atoms with van der Waals surface area (Å²) in [5, 5.41) is 1.02. The fourth-order valence-electron chi connectivity index (χ4n) is 7.59. The number of halogens is 3. The molecule has 0 radical (unpaired) electrons. The summed E-state index contributed by atoms with van der Waals surface area (Å²) >= 11 is 0. The second-order valence-electron chi connectivity index (χ2n) is 17.0. The predicted octanol–water partition coefficient (Wildman–Crippen LogP) is 10.2. The lowest BCUT2D eigenvalue weighted by Crippen LogP contribution is -2.45. The number of amides is 2. The van der Waals surface area contributed by atoms with Crippen LogP contribution in [0.2, 0.25) is 0 Å². The fraction of sp³-hybridized carbons (Fsp3) is 0.298. The van der Waals surface area contributed by atoms with Gasteiger partial charge < -0.3 is 4.90 Å². The van der Waals surface area contributed by atoms with Crippen LogP contribution >= 0.6 is 0 Å². The van der Waals surface area contributed by atoms with Gasteiger partial charge >= 0.3 is 6.18 Å². The third-order valence-corrected chi connectivity index (χ3v) is 11.4. The quantitative estimate of drug-likeness (QED) is 0.126. The average Bonchev–Trinajstić information content (AvgIpc) is 3.15. The Morgan fingerprint density at radius 1 is 0.754 bits per heavy atom. The molecule has 2 amide bonds. The van der Waals surface area contributed by atoms with E-state index in [-0.39, 0.29) is 44.8 Å². The Kier molecular flexibility index (Phi) is 9.93. The van der Waals surface area contributed by atoms with Gasteiger partial charge in [-0.15, -0.1) is 4.94 Å². The van der Waals surface area contributed by atoms with Gasteiger partial charge in [-0.2, -0.15) is 18.2 Å². The summed E-state index contributed by atoms with van der Waals surface area (Å²) in [5.74, 6) is -0.794. The summed E-state index contributed by atoms with van der Waals surface area (Å²) in [6.45, 7) is 11.8. The molecule has 2 aliphatic rings. The molecule has 7 rings (SSSR count). The van der Waals surface area contributed by atoms with Crippen molar-refractivity contribution in [3.05, 3.63) is 164 Å². The molecule has 1 N–H and O–H groups in total. The van der Waals surface area contributed by atoms with Gasteiger partial charge in [0.15, 0.2) is 6.29 Å². The summed E-state index contributed by atoms with van der Waals surface area (Å²) < 4.78 is 47.8. The Labute approximate surface area is 331 Å². The van der Waals surface area contributed by atoms with E-state index >= 15 is 13.2 Å². The van der Waals surface area contributed by atoms with E-state index in [1.807, 2.05) is 47.6 Å². The number of alkyl halides is 3. The molecule has 1 atom stereocenters. The third-order valence-electron chi connectivity index (χ3n) is 11.4. The van der Waals surface area contributed by atoms with Gasteiger partial charge in [-0.25, -0.2) is 5.48 Å². The van der Waals surface area contributed by atoms with Gasteiger partial charge in [-0.3, -0.25) is 14.4 Å². The molecule has 5 aromatic rings. The highest BCUT2D eigenvalue weighted by Crippen LogP contribution is 2.52. The molecule has 1 unspecified atom stereocenters. The number of hydrogen-bond acceptors (Lipinski definition) is 5. The minimum atomic E-state index is -4.73. The summed E-state index contributed by atoms with van der Waals surface area (Å²) in [6.07, 6.45) is -2.14. The van der Waals surface area contributed by atoms with Gasteiger partial charge in [-0.05, 0) is 120 Å². The van der Waals surface area contributed by atoms with Crippen molar-refractivity contribution in [3.8, 4) is 0 Å². The molecular formula is C47H46F3N3O4. The number of nitrogens with zero attached hydrogens (tertiary/aromatic N) is 2. The third kappa shape index (κ3) is 7.12. The lowest BCUT2D eigenvalue weighted by Gasteiger charge is -2.39. The number of anilines is 2. The highest BCUT2D eigenvalue weighted by atomic mass is 19.4. The van der Waals surface area contributed by atoms with E-state index in [1.165, 1.54) is 24.3 Å². The number of aryl methyl sites for hydroxylation is 2. The van der Waals surface area contributed by atoms with Crippen molar-refractivity contribution in [1.29, 1.82) is 0 Å². The lowest BCUT2D eigenvalue weighted by molar-refractivity contribution is -0.166. The highest BCUT2D eigenvalue weighted by Gasteiger charge is 2.58. The number of hydroxylamine groups is 1. The van der Waals surface area contributed by atoms with Gasteiger partial charge in [0.2, 0.25) is 0 Å². The zero-order chi connectivity index (χ0) is 41.1. The van der Waals surface area contributed by atoms with Crippen LogP contribution in [-0.2, 0) is 35.0 Å². The molecule has 5 aromatic carbocycles. The number of hydrogen-bond donors (Lipinski definition) is 1. The van der Waals surface area contributed by atoms with Crippen molar-refractivity contribution in [2.75, 3.05) is 17.6 Å². The highest BCUT2D eigenvalue weighted by molar-refractivity contribution is 6.09. The smallest absolute Gasteiger partial charge is 0.337 e. The first-order valence-corrected chi connectivity index (χ1v) is 19.0. The monoisotopic (exact) mass is 773 g/mol. The standard InChI is InChI=1S/C47H46F3N3O4/c1-44(2,3)34-15-17-35(18-16-34)46(47(48,49)50,37-14-13-31-11-12-32(31)27-37)36-19-21-38(22-20-36)53-43(56)40-26-30(9-23-41(40)51-57-53)24-29-8-10-33(28-54)39(25-29)42(55)52(7)45(4,5)6/h8-10,13-23,25-28,51H,11-12,24H2,1-7H3. The van der Waals surface area contributed by atoms with E-state index in [1.54, 1.807) is 84.7 Å². The number of carbonyl (C=O) groups excluding carboxylic acids is 3. The average molecular weight is 774 g/mol. The van der Waals surface area contributed by atoms with E-state index in [0.29, 0.717) is 24.0 Å². The number of aldehydes is 1. The molecule has 1 aliphatic carbocycles. The summed E-state index contributed by atoms with van der Waals surface area (Å²) in [4.78, 5) is 46.4. The van der Waals surface area contributed by atoms with Crippen LogP contribution in [0.5, 0.6) is 0 Å². The van der Waals surface area contributed by atoms with Gasteiger partial charge in [-0.1, -0.05) is 93.6 Å². The van der Waals surface area contributed by atoms with Crippen LogP contribution in [0, 0.1) is 0 Å². The first kappa shape index (κ1) is 39.5. The molecule has 7 nitrogen and oxygen atoms in total. The maximum Gasteiger partial charge on any atom is 0.406 e. The maximum atomic E-state index is 15.9. The Balaban J connectivity index is 1.21. The van der Waals surface area contributed by atoms with Crippen LogP contribution in [0.25, 0.3) is 0 Å². The molecule has 0 saturated carbocycles. The van der Waals surface area contributed by atoms with Crippen molar-refractivity contribution in [3.63, 3.8) is 0 Å². The number of nitrogens with one attached hydrogen (secondary N) is 1. The Bertz CT molecular complexity index is 2370. The van der Waals surface area contributed by atoms with Crippen LogP contribution in [-0.4, -0.2) is 41.8 Å². The molecule has 294 valence electrons. The van der Waals surface area contributed by atoms with Crippen molar-refractivity contribution < 1.29 is 32.5 Å². The Hall–Kier alpha value is -5.74. The number of benzene rings is 5. The molecular weight excluding hydrogens is 728 g/mol. The maximum absolute atomic E-state index is 15.9. The van der Waals surface area contributed by atoms with E-state index in [9.17, 15) is 14.4 Å². The molecule has 0 saturated heterocycles. The molecule has 0 bridgehead atoms. The summed E-state index contributed by atoms with van der Waals surface area (Å²) in [6, 6.07) is 27.9. The van der Waals surface area contributed by atoms with Gasteiger partial charge in [0.05, 0.1) is 22.5 Å². The largest absolute Gasteiger partial charge is 0.406 e. The second kappa shape index (κ2) is 14.3. The lowest BCUT2D eigenvalue weighted by atomic mass is 9.67. The number of fused-ring (bicyclic) bond motifs is 2. The van der Waals surface area contributed by atoms with Crippen LogP contribution in [0.1, 0.15) is 117 Å². The van der Waals surface area contributed by atoms with Gasteiger partial charge in [0.1, 0.15) is 5.41 Å². The molecule has 0 spiro atoms. The van der Waals surface area contributed by atoms with E-state index in [2.05, 4.69) is 5.48 Å². The zero-order valence-corrected chi connectivity index (χ0v) is 33.2. The summed E-state index contributed by atoms with van der Waals surface area (Å²) in [7, 11) is 1.69. The van der Waals surface area contributed by atoms with Gasteiger partial charge in [0, 0.05) is 18.2 Å². The number of carbonyl (C=O) groups is 3. The molecule has 0 fully saturated rings. The van der Waals surface area contributed by atoms with Crippen LogP contribution in [0.4, 0.5) is 24.5 Å².